The molecule has 1 aromatic rings. The first-order valence-electron chi connectivity index (χ1n) is 6.43. The van der Waals surface area contributed by atoms with E-state index in [4.69, 9.17) is 20.4 Å². The van der Waals surface area contributed by atoms with Crippen LogP contribution in [0.25, 0.3) is 0 Å². The molecule has 4 N–H and O–H groups in total. The van der Waals surface area contributed by atoms with Crippen molar-refractivity contribution in [3.8, 4) is 5.75 Å². The molecular weight excluding hydrogens is 276 g/mol. The third-order valence-electron chi connectivity index (χ3n) is 3.15. The van der Waals surface area contributed by atoms with Crippen LogP contribution in [0.5, 0.6) is 5.75 Å². The summed E-state index contributed by atoms with van der Waals surface area (Å²) < 4.78 is 10.5. The number of oxime groups is 1. The SMILES string of the molecule is COc1ccccc1NC(=O)N1CCOC(C(N)=NO)C1. The maximum absolute atomic E-state index is 12.3. The topological polar surface area (TPSA) is 109 Å². The van der Waals surface area contributed by atoms with Crippen LogP contribution in [0.4, 0.5) is 10.5 Å². The van der Waals surface area contributed by atoms with Gasteiger partial charge in [0.15, 0.2) is 5.84 Å². The molecule has 1 fully saturated rings. The van der Waals surface area contributed by atoms with Crippen LogP contribution in [-0.2, 0) is 4.74 Å². The summed E-state index contributed by atoms with van der Waals surface area (Å²) in [5.41, 5.74) is 6.09. The van der Waals surface area contributed by atoms with Crippen LogP contribution in [0, 0.1) is 0 Å². The van der Waals surface area contributed by atoms with Crippen molar-refractivity contribution in [2.45, 2.75) is 6.10 Å². The minimum absolute atomic E-state index is 0.0511. The number of nitrogens with zero attached hydrogens (tertiary/aromatic N) is 2. The molecule has 0 saturated carbocycles. The number of amidine groups is 1. The molecule has 0 bridgehead atoms. The van der Waals surface area contributed by atoms with Gasteiger partial charge in [-0.05, 0) is 12.1 Å². The number of urea groups is 1. The highest BCUT2D eigenvalue weighted by Crippen LogP contribution is 2.23. The van der Waals surface area contributed by atoms with Gasteiger partial charge in [-0.15, -0.1) is 0 Å². The molecule has 21 heavy (non-hydrogen) atoms. The highest BCUT2D eigenvalue weighted by Gasteiger charge is 2.27. The number of carbonyl (C=O) groups excluding carboxylic acids is 1. The number of carbonyl (C=O) groups is 1. The minimum Gasteiger partial charge on any atom is -0.495 e. The largest absolute Gasteiger partial charge is 0.495 e. The zero-order valence-corrected chi connectivity index (χ0v) is 11.7. The average Bonchev–Trinajstić information content (AvgIpc) is 2.54. The molecule has 0 aromatic heterocycles. The Balaban J connectivity index is 2.03. The van der Waals surface area contributed by atoms with Crippen molar-refractivity contribution in [1.29, 1.82) is 0 Å². The molecule has 2 rings (SSSR count). The van der Waals surface area contributed by atoms with E-state index in [1.807, 2.05) is 6.07 Å². The van der Waals surface area contributed by atoms with Crippen LogP contribution >= 0.6 is 0 Å². The number of amides is 2. The number of hydrogen-bond acceptors (Lipinski definition) is 5. The quantitative estimate of drug-likeness (QED) is 0.328. The number of morpholine rings is 1. The normalized spacial score (nSPS) is 19.2. The fourth-order valence-electron chi connectivity index (χ4n) is 2.02. The molecule has 0 spiro atoms. The van der Waals surface area contributed by atoms with Gasteiger partial charge in [-0.25, -0.2) is 4.79 Å². The van der Waals surface area contributed by atoms with Crippen molar-refractivity contribution in [3.05, 3.63) is 24.3 Å². The van der Waals surface area contributed by atoms with Gasteiger partial charge in [-0.1, -0.05) is 17.3 Å². The number of ether oxygens (including phenoxy) is 2. The molecule has 1 saturated heterocycles. The summed E-state index contributed by atoms with van der Waals surface area (Å²) in [6, 6.07) is 6.83. The predicted molar refractivity (Wildman–Crippen MR) is 76.7 cm³/mol. The van der Waals surface area contributed by atoms with Crippen LogP contribution < -0.4 is 15.8 Å². The van der Waals surface area contributed by atoms with Crippen molar-refractivity contribution in [2.75, 3.05) is 32.1 Å². The molecule has 1 aliphatic heterocycles. The number of nitrogens with one attached hydrogen (secondary N) is 1. The van der Waals surface area contributed by atoms with Crippen LogP contribution in [0.3, 0.4) is 0 Å². The lowest BCUT2D eigenvalue weighted by molar-refractivity contribution is 0.0223. The van der Waals surface area contributed by atoms with Crippen LogP contribution in [0.2, 0.25) is 0 Å². The van der Waals surface area contributed by atoms with Crippen LogP contribution in [0.15, 0.2) is 29.4 Å². The third-order valence-corrected chi connectivity index (χ3v) is 3.15. The molecule has 2 amide bonds. The summed E-state index contributed by atoms with van der Waals surface area (Å²) in [5, 5.41) is 14.3. The summed E-state index contributed by atoms with van der Waals surface area (Å²) in [6.07, 6.45) is -0.604. The number of nitrogens with two attached hydrogens (primary N) is 1. The van der Waals surface area contributed by atoms with E-state index >= 15 is 0 Å². The summed E-state index contributed by atoms with van der Waals surface area (Å²) in [4.78, 5) is 13.8. The summed E-state index contributed by atoms with van der Waals surface area (Å²) in [5.74, 6) is 0.525. The van der Waals surface area contributed by atoms with E-state index in [1.165, 1.54) is 7.11 Å². The van der Waals surface area contributed by atoms with E-state index in [0.29, 0.717) is 24.6 Å². The molecule has 1 aliphatic rings. The smallest absolute Gasteiger partial charge is 0.322 e. The van der Waals surface area contributed by atoms with E-state index in [0.717, 1.165) is 0 Å². The highest BCUT2D eigenvalue weighted by molar-refractivity contribution is 5.92. The first-order valence-corrected chi connectivity index (χ1v) is 6.43. The molecule has 1 heterocycles. The monoisotopic (exact) mass is 294 g/mol. The van der Waals surface area contributed by atoms with Crippen LogP contribution in [-0.4, -0.2) is 54.9 Å². The van der Waals surface area contributed by atoms with Crippen molar-refractivity contribution in [3.63, 3.8) is 0 Å². The first kappa shape index (κ1) is 14.9. The zero-order chi connectivity index (χ0) is 15.2. The van der Waals surface area contributed by atoms with Crippen molar-refractivity contribution in [2.24, 2.45) is 10.9 Å². The maximum Gasteiger partial charge on any atom is 0.322 e. The third kappa shape index (κ3) is 3.54. The number of rotatable bonds is 3. The van der Waals surface area contributed by atoms with Gasteiger partial charge in [0, 0.05) is 6.54 Å². The first-order chi connectivity index (χ1) is 10.2. The molecule has 8 heteroatoms. The summed E-state index contributed by atoms with van der Waals surface area (Å²) in [7, 11) is 1.54. The number of methoxy groups -OCH3 is 1. The molecule has 0 radical (unpaired) electrons. The van der Waals surface area contributed by atoms with E-state index < -0.39 is 6.10 Å². The van der Waals surface area contributed by atoms with Crippen molar-refractivity contribution < 1.29 is 19.5 Å². The Morgan fingerprint density at radius 1 is 1.57 bits per heavy atom. The molecule has 1 atom stereocenters. The Labute approximate surface area is 122 Å². The van der Waals surface area contributed by atoms with Gasteiger partial charge < -0.3 is 30.6 Å². The molecular formula is C13H18N4O4. The predicted octanol–water partition coefficient (Wildman–Crippen LogP) is 0.674. The zero-order valence-electron chi connectivity index (χ0n) is 11.7. The molecule has 8 nitrogen and oxygen atoms in total. The van der Waals surface area contributed by atoms with Crippen LogP contribution in [0.1, 0.15) is 0 Å². The van der Waals surface area contributed by atoms with E-state index in [2.05, 4.69) is 10.5 Å². The Hall–Kier alpha value is -2.48. The Kier molecular flexibility index (Phi) is 4.83. The second-order valence-electron chi connectivity index (χ2n) is 4.46. The van der Waals surface area contributed by atoms with Gasteiger partial charge in [-0.2, -0.15) is 0 Å². The summed E-state index contributed by atoms with van der Waals surface area (Å²) in [6.45, 7) is 0.966. The summed E-state index contributed by atoms with van der Waals surface area (Å²) >= 11 is 0. The maximum atomic E-state index is 12.3. The van der Waals surface area contributed by atoms with Gasteiger partial charge in [0.25, 0.3) is 0 Å². The number of para-hydroxylation sites is 2. The Morgan fingerprint density at radius 2 is 2.33 bits per heavy atom. The standard InChI is InChI=1S/C13H18N4O4/c1-20-10-5-3-2-4-9(10)15-13(18)17-6-7-21-11(8-17)12(14)16-19/h2-5,11,19H,6-8H2,1H3,(H2,14,16)(H,15,18). The van der Waals surface area contributed by atoms with Gasteiger partial charge in [0.05, 0.1) is 25.9 Å². The molecule has 1 unspecified atom stereocenters. The number of benzene rings is 1. The molecule has 0 aliphatic carbocycles. The highest BCUT2D eigenvalue weighted by atomic mass is 16.5. The minimum atomic E-state index is -0.604. The van der Waals surface area contributed by atoms with E-state index in [9.17, 15) is 4.79 Å². The van der Waals surface area contributed by atoms with E-state index in [-0.39, 0.29) is 18.4 Å². The van der Waals surface area contributed by atoms with Gasteiger partial charge in [0.1, 0.15) is 11.9 Å². The fraction of sp³-hybridized carbons (Fsp3) is 0.385. The Bertz CT molecular complexity index is 535. The second kappa shape index (κ2) is 6.80. The van der Waals surface area contributed by atoms with Gasteiger partial charge in [-0.3, -0.25) is 0 Å². The number of anilines is 1. The van der Waals surface area contributed by atoms with Crippen molar-refractivity contribution in [1.82, 2.24) is 4.90 Å². The number of hydrogen-bond donors (Lipinski definition) is 3. The van der Waals surface area contributed by atoms with Gasteiger partial charge >= 0.3 is 6.03 Å². The second-order valence-corrected chi connectivity index (χ2v) is 4.46. The lowest BCUT2D eigenvalue weighted by atomic mass is 10.2. The molecule has 114 valence electrons. The van der Waals surface area contributed by atoms with Crippen molar-refractivity contribution >= 4 is 17.6 Å². The average molecular weight is 294 g/mol. The fourth-order valence-corrected chi connectivity index (χ4v) is 2.02. The Morgan fingerprint density at radius 3 is 3.05 bits per heavy atom. The van der Waals surface area contributed by atoms with E-state index in [1.54, 1.807) is 23.1 Å². The molecule has 1 aromatic carbocycles. The van der Waals surface area contributed by atoms with Gasteiger partial charge in [0.2, 0.25) is 0 Å². The lowest BCUT2D eigenvalue weighted by Gasteiger charge is -2.32. The lowest BCUT2D eigenvalue weighted by Crippen LogP contribution is -2.51.